The molecule has 8 heteroatoms. The van der Waals surface area contributed by atoms with Crippen LogP contribution in [0.1, 0.15) is 32.0 Å². The number of aliphatic hydroxyl groups is 1. The molecule has 0 saturated carbocycles. The van der Waals surface area contributed by atoms with Crippen LogP contribution >= 0.6 is 0 Å². The number of H-pyrrole nitrogens is 1. The summed E-state index contributed by atoms with van der Waals surface area (Å²) >= 11 is 0. The minimum Gasteiger partial charge on any atom is -0.395 e. The number of aromatic nitrogens is 2. The molecule has 0 spiro atoms. The van der Waals surface area contributed by atoms with Crippen molar-refractivity contribution >= 4 is 46.2 Å². The van der Waals surface area contributed by atoms with Gasteiger partial charge in [0.15, 0.2) is 0 Å². The van der Waals surface area contributed by atoms with E-state index in [4.69, 9.17) is 0 Å². The maximum absolute atomic E-state index is 13.4. The van der Waals surface area contributed by atoms with Gasteiger partial charge in [-0.25, -0.2) is 4.90 Å². The Bertz CT molecular complexity index is 1480. The summed E-state index contributed by atoms with van der Waals surface area (Å²) in [4.78, 5) is 32.6. The third-order valence-electron chi connectivity index (χ3n) is 7.12. The van der Waals surface area contributed by atoms with Gasteiger partial charge in [-0.3, -0.25) is 19.6 Å². The van der Waals surface area contributed by atoms with E-state index in [9.17, 15) is 14.7 Å². The first-order chi connectivity index (χ1) is 18.1. The number of fused-ring (bicyclic) bond motifs is 2. The summed E-state index contributed by atoms with van der Waals surface area (Å²) < 4.78 is 0. The van der Waals surface area contributed by atoms with Crippen molar-refractivity contribution in [3.8, 4) is 0 Å². The fraction of sp³-hybridized carbons (Fsp3) is 0.207. The second-order valence-corrected chi connectivity index (χ2v) is 9.27. The average Bonchev–Trinajstić information content (AvgIpc) is 3.46. The van der Waals surface area contributed by atoms with Gasteiger partial charge in [-0.05, 0) is 42.0 Å². The van der Waals surface area contributed by atoms with E-state index < -0.39 is 0 Å². The third-order valence-corrected chi connectivity index (χ3v) is 7.12. The number of aromatic amines is 1. The van der Waals surface area contributed by atoms with Crippen molar-refractivity contribution < 1.29 is 14.7 Å². The topological polar surface area (TPSA) is 92.8 Å². The molecule has 4 aromatic rings. The minimum absolute atomic E-state index is 0.149. The molecule has 0 bridgehead atoms. The quantitative estimate of drug-likeness (QED) is 0.399. The Labute approximate surface area is 214 Å². The van der Waals surface area contributed by atoms with Gasteiger partial charge in [0.1, 0.15) is 0 Å². The second-order valence-electron chi connectivity index (χ2n) is 9.27. The van der Waals surface area contributed by atoms with Gasteiger partial charge in [0.25, 0.3) is 11.8 Å². The fourth-order valence-electron chi connectivity index (χ4n) is 5.12. The Hall–Kier alpha value is -4.27. The standard InChI is InChI=1S/C29H27N5O3/c35-18-17-32-13-15-33(16-14-32)21-11-9-20(10-12-26-24-7-3-4-8-25(24)30-31-26)27(19-21)34-28(36)22-5-1-2-6-23(22)29(34)37/h1-12,19,35H,13-18H2,(H,30,31)/b12-10+. The van der Waals surface area contributed by atoms with Crippen molar-refractivity contribution in [1.29, 1.82) is 0 Å². The maximum Gasteiger partial charge on any atom is 0.266 e. The van der Waals surface area contributed by atoms with Crippen LogP contribution in [0.4, 0.5) is 11.4 Å². The molecule has 0 radical (unpaired) electrons. The number of hydrogen-bond acceptors (Lipinski definition) is 6. The highest BCUT2D eigenvalue weighted by molar-refractivity contribution is 6.35. The van der Waals surface area contributed by atoms with Gasteiger partial charge in [0, 0.05) is 43.8 Å². The molecule has 1 fully saturated rings. The number of rotatable bonds is 6. The third kappa shape index (κ3) is 4.20. The van der Waals surface area contributed by atoms with E-state index in [0.717, 1.165) is 54.0 Å². The summed E-state index contributed by atoms with van der Waals surface area (Å²) in [5.74, 6) is -0.629. The number of piperazine rings is 1. The van der Waals surface area contributed by atoms with Crippen molar-refractivity contribution in [2.24, 2.45) is 0 Å². The predicted molar refractivity (Wildman–Crippen MR) is 145 cm³/mol. The molecule has 3 heterocycles. The van der Waals surface area contributed by atoms with Crippen molar-refractivity contribution in [1.82, 2.24) is 15.1 Å². The Balaban J connectivity index is 1.38. The van der Waals surface area contributed by atoms with Gasteiger partial charge < -0.3 is 10.0 Å². The molecule has 1 saturated heterocycles. The van der Waals surface area contributed by atoms with Gasteiger partial charge in [0.2, 0.25) is 0 Å². The van der Waals surface area contributed by atoms with Crippen LogP contribution in [-0.2, 0) is 0 Å². The zero-order valence-electron chi connectivity index (χ0n) is 20.3. The molecule has 2 N–H and O–H groups in total. The lowest BCUT2D eigenvalue weighted by Crippen LogP contribution is -2.47. The van der Waals surface area contributed by atoms with E-state index in [-0.39, 0.29) is 18.4 Å². The summed E-state index contributed by atoms with van der Waals surface area (Å²) in [6, 6.07) is 20.8. The number of carbonyl (C=O) groups excluding carboxylic acids is 2. The Morgan fingerprint density at radius 1 is 0.865 bits per heavy atom. The largest absolute Gasteiger partial charge is 0.395 e. The Morgan fingerprint density at radius 2 is 1.57 bits per heavy atom. The molecule has 6 rings (SSSR count). The van der Waals surface area contributed by atoms with E-state index in [1.54, 1.807) is 24.3 Å². The highest BCUT2D eigenvalue weighted by Gasteiger charge is 2.37. The first-order valence-electron chi connectivity index (χ1n) is 12.5. The highest BCUT2D eigenvalue weighted by atomic mass is 16.3. The Kier molecular flexibility index (Phi) is 6.04. The number of benzene rings is 3. The van der Waals surface area contributed by atoms with Crippen LogP contribution in [0, 0.1) is 0 Å². The number of nitrogens with zero attached hydrogens (tertiary/aromatic N) is 4. The van der Waals surface area contributed by atoms with E-state index in [2.05, 4.69) is 20.0 Å². The van der Waals surface area contributed by atoms with E-state index >= 15 is 0 Å². The number of aliphatic hydroxyl groups excluding tert-OH is 1. The minimum atomic E-state index is -0.314. The normalized spacial score (nSPS) is 16.4. The van der Waals surface area contributed by atoms with E-state index in [1.165, 1.54) is 4.90 Å². The number of hydrogen-bond donors (Lipinski definition) is 2. The van der Waals surface area contributed by atoms with Crippen LogP contribution < -0.4 is 9.80 Å². The maximum atomic E-state index is 13.4. The van der Waals surface area contributed by atoms with Gasteiger partial charge in [-0.15, -0.1) is 0 Å². The van der Waals surface area contributed by atoms with Crippen molar-refractivity contribution in [2.45, 2.75) is 0 Å². The lowest BCUT2D eigenvalue weighted by molar-refractivity contribution is 0.0926. The second kappa shape index (κ2) is 9.65. The molecule has 8 nitrogen and oxygen atoms in total. The van der Waals surface area contributed by atoms with Gasteiger partial charge >= 0.3 is 0 Å². The van der Waals surface area contributed by atoms with E-state index in [1.807, 2.05) is 54.6 Å². The number of para-hydroxylation sites is 1. The van der Waals surface area contributed by atoms with Crippen LogP contribution in [0.5, 0.6) is 0 Å². The summed E-state index contributed by atoms with van der Waals surface area (Å²) in [5.41, 5.74) is 4.83. The lowest BCUT2D eigenvalue weighted by Gasteiger charge is -2.36. The summed E-state index contributed by atoms with van der Waals surface area (Å²) in [6.45, 7) is 4.11. The predicted octanol–water partition coefficient (Wildman–Crippen LogP) is 3.65. The molecule has 0 aliphatic carbocycles. The summed E-state index contributed by atoms with van der Waals surface area (Å²) in [5, 5.41) is 17.7. The zero-order valence-corrected chi connectivity index (χ0v) is 20.3. The number of β-amino-alcohol motifs (C(OH)–C–C–N with tert-alkyl or cyclic N) is 1. The van der Waals surface area contributed by atoms with Gasteiger partial charge in [-0.2, -0.15) is 5.10 Å². The van der Waals surface area contributed by atoms with Crippen molar-refractivity contribution in [2.75, 3.05) is 49.1 Å². The average molecular weight is 494 g/mol. The van der Waals surface area contributed by atoms with Crippen molar-refractivity contribution in [3.63, 3.8) is 0 Å². The fourth-order valence-corrected chi connectivity index (χ4v) is 5.12. The smallest absolute Gasteiger partial charge is 0.266 e. The number of amides is 2. The zero-order chi connectivity index (χ0) is 25.4. The molecular formula is C29H27N5O3. The van der Waals surface area contributed by atoms with Crippen LogP contribution in [0.2, 0.25) is 0 Å². The van der Waals surface area contributed by atoms with Crippen molar-refractivity contribution in [3.05, 3.63) is 89.1 Å². The monoisotopic (exact) mass is 493 g/mol. The summed E-state index contributed by atoms with van der Waals surface area (Å²) in [6.07, 6.45) is 3.81. The first kappa shape index (κ1) is 23.1. The first-order valence-corrected chi connectivity index (χ1v) is 12.5. The molecule has 2 amide bonds. The van der Waals surface area contributed by atoms with Crippen LogP contribution in [-0.4, -0.2) is 71.3 Å². The Morgan fingerprint density at radius 3 is 2.30 bits per heavy atom. The van der Waals surface area contributed by atoms with Gasteiger partial charge in [0.05, 0.1) is 34.6 Å². The number of nitrogens with one attached hydrogen (secondary N) is 1. The molecule has 2 aliphatic heterocycles. The molecule has 1 aromatic heterocycles. The van der Waals surface area contributed by atoms with E-state index in [0.29, 0.717) is 23.4 Å². The van der Waals surface area contributed by atoms with Crippen LogP contribution in [0.25, 0.3) is 23.1 Å². The summed E-state index contributed by atoms with van der Waals surface area (Å²) in [7, 11) is 0. The van der Waals surface area contributed by atoms with Gasteiger partial charge in [-0.1, -0.05) is 42.5 Å². The molecule has 0 unspecified atom stereocenters. The van der Waals surface area contributed by atoms with Crippen LogP contribution in [0.15, 0.2) is 66.7 Å². The number of anilines is 2. The highest BCUT2D eigenvalue weighted by Crippen LogP contribution is 2.35. The molecule has 0 atom stereocenters. The lowest BCUT2D eigenvalue weighted by atomic mass is 10.1. The SMILES string of the molecule is O=C1c2ccccc2C(=O)N1c1cc(N2CCN(CCO)CC2)ccc1/C=C/c1n[nH]c2ccccc12. The molecule has 2 aliphatic rings. The molecule has 37 heavy (non-hydrogen) atoms. The molecular weight excluding hydrogens is 466 g/mol. The number of carbonyl (C=O) groups is 2. The van der Waals surface area contributed by atoms with Crippen LogP contribution in [0.3, 0.4) is 0 Å². The number of imide groups is 1. The molecule has 186 valence electrons. The molecule has 3 aromatic carbocycles.